The number of methoxy groups -OCH3 is 4. The van der Waals surface area contributed by atoms with E-state index in [0.29, 0.717) is 50.3 Å². The zero-order valence-corrected chi connectivity index (χ0v) is 22.5. The van der Waals surface area contributed by atoms with E-state index in [-0.39, 0.29) is 11.1 Å². The van der Waals surface area contributed by atoms with Crippen molar-refractivity contribution in [1.29, 1.82) is 0 Å². The number of nitrogens with one attached hydrogen (secondary N) is 2. The largest absolute Gasteiger partial charge is 0.493 e. The molecule has 0 bridgehead atoms. The number of allylic oxidation sites excluding steroid dienone is 1. The van der Waals surface area contributed by atoms with Gasteiger partial charge in [0.1, 0.15) is 5.82 Å². The molecule has 1 unspecified atom stereocenters. The highest BCUT2D eigenvalue weighted by atomic mass is 35.5. The van der Waals surface area contributed by atoms with Crippen molar-refractivity contribution in [3.63, 3.8) is 0 Å². The van der Waals surface area contributed by atoms with Crippen LogP contribution in [0.25, 0.3) is 0 Å². The average molecular weight is 544 g/mol. The fourth-order valence-corrected chi connectivity index (χ4v) is 5.39. The van der Waals surface area contributed by atoms with Crippen LogP contribution < -0.4 is 25.1 Å². The first-order valence-electron chi connectivity index (χ1n) is 11.2. The monoisotopic (exact) mass is 543 g/mol. The fourth-order valence-electron chi connectivity index (χ4n) is 4.24. The van der Waals surface area contributed by atoms with Crippen molar-refractivity contribution in [3.05, 3.63) is 79.7 Å². The third kappa shape index (κ3) is 5.12. The average Bonchev–Trinajstić information content (AvgIpc) is 2.90. The Balaban J connectivity index is 1.85. The van der Waals surface area contributed by atoms with Crippen molar-refractivity contribution in [3.8, 4) is 17.2 Å². The van der Waals surface area contributed by atoms with Crippen molar-refractivity contribution in [1.82, 2.24) is 9.97 Å². The lowest BCUT2D eigenvalue weighted by Crippen LogP contribution is -2.31. The number of carbonyl (C=O) groups excluding carboxylic acids is 1. The topological polar surface area (TPSA) is 112 Å². The van der Waals surface area contributed by atoms with Gasteiger partial charge in [-0.15, -0.1) is 0 Å². The summed E-state index contributed by atoms with van der Waals surface area (Å²) in [6.45, 7) is 1.74. The Kier molecular flexibility index (Phi) is 7.99. The smallest absolute Gasteiger partial charge is 0.336 e. The molecule has 0 saturated carbocycles. The minimum atomic E-state index is -0.809. The van der Waals surface area contributed by atoms with Gasteiger partial charge in [0.25, 0.3) is 5.56 Å². The molecule has 2 N–H and O–H groups in total. The van der Waals surface area contributed by atoms with Crippen LogP contribution >= 0.6 is 23.4 Å². The van der Waals surface area contributed by atoms with E-state index in [2.05, 4.69) is 15.3 Å². The number of nitrogens with zero attached hydrogens (tertiary/aromatic N) is 1. The Bertz CT molecular complexity index is 1410. The lowest BCUT2D eigenvalue weighted by molar-refractivity contribution is -0.136. The predicted octanol–water partition coefficient (Wildman–Crippen LogP) is 4.75. The molecule has 0 aliphatic carbocycles. The first kappa shape index (κ1) is 26.4. The van der Waals surface area contributed by atoms with Crippen LogP contribution in [0, 0.1) is 0 Å². The molecule has 3 aromatic rings. The molecule has 0 spiro atoms. The fraction of sp³-hybridized carbons (Fsp3) is 0.269. The van der Waals surface area contributed by atoms with Gasteiger partial charge in [0.2, 0.25) is 5.75 Å². The molecule has 0 fully saturated rings. The minimum Gasteiger partial charge on any atom is -0.493 e. The molecular formula is C26H26ClN3O6S. The summed E-state index contributed by atoms with van der Waals surface area (Å²) in [5, 5.41) is 4.16. The number of rotatable bonds is 8. The molecule has 1 aliphatic rings. The molecule has 11 heteroatoms. The number of esters is 1. The Morgan fingerprint density at radius 1 is 1.08 bits per heavy atom. The number of anilines is 1. The van der Waals surface area contributed by atoms with E-state index in [1.807, 2.05) is 24.3 Å². The molecule has 0 amide bonds. The van der Waals surface area contributed by atoms with Gasteiger partial charge in [-0.1, -0.05) is 41.6 Å². The highest BCUT2D eigenvalue weighted by molar-refractivity contribution is 7.98. The highest BCUT2D eigenvalue weighted by Gasteiger charge is 2.37. The number of hydrogen-bond acceptors (Lipinski definition) is 9. The normalized spacial score (nSPS) is 14.5. The van der Waals surface area contributed by atoms with E-state index < -0.39 is 17.4 Å². The Morgan fingerprint density at radius 3 is 2.35 bits per heavy atom. The maximum absolute atomic E-state index is 13.5. The maximum atomic E-state index is 13.5. The number of fused-ring (bicyclic) bond motifs is 1. The summed E-state index contributed by atoms with van der Waals surface area (Å²) in [7, 11) is 5.79. The van der Waals surface area contributed by atoms with Crippen LogP contribution in [0.15, 0.2) is 57.6 Å². The number of halogens is 1. The molecule has 9 nitrogen and oxygen atoms in total. The summed E-state index contributed by atoms with van der Waals surface area (Å²) < 4.78 is 21.5. The predicted molar refractivity (Wildman–Crippen MR) is 142 cm³/mol. The first-order chi connectivity index (χ1) is 17.8. The van der Waals surface area contributed by atoms with Crippen molar-refractivity contribution >= 4 is 35.1 Å². The van der Waals surface area contributed by atoms with Crippen LogP contribution in [-0.2, 0) is 15.3 Å². The molecule has 0 saturated heterocycles. The molecular weight excluding hydrogens is 518 g/mol. The number of benzene rings is 2. The van der Waals surface area contributed by atoms with Crippen molar-refractivity contribution in [2.75, 3.05) is 33.8 Å². The number of hydrogen-bond donors (Lipinski definition) is 2. The summed E-state index contributed by atoms with van der Waals surface area (Å²) in [6.07, 6.45) is 0. The van der Waals surface area contributed by atoms with Gasteiger partial charge in [0.05, 0.1) is 45.5 Å². The highest BCUT2D eigenvalue weighted by Crippen LogP contribution is 2.46. The van der Waals surface area contributed by atoms with Crippen LogP contribution in [-0.4, -0.2) is 44.4 Å². The van der Waals surface area contributed by atoms with Gasteiger partial charge in [0.15, 0.2) is 16.7 Å². The van der Waals surface area contributed by atoms with Gasteiger partial charge < -0.3 is 29.2 Å². The standard InChI is InChI=1S/C26H26ClN3O6S/c1-13-19(25(32)36-5)20(15-10-17(33-2)22(35-4)18(11-15)34-3)21-23(28-13)29-26(30-24(21)31)37-12-14-8-6-7-9-16(14)27/h6-11,20H,12H2,1-5H3,(H2,28,29,30,31). The number of H-pyrrole nitrogens is 1. The molecule has 37 heavy (non-hydrogen) atoms. The molecule has 1 aliphatic heterocycles. The zero-order chi connectivity index (χ0) is 26.7. The zero-order valence-electron chi connectivity index (χ0n) is 20.9. The SMILES string of the molecule is COC(=O)C1=C(C)Nc2nc(SCc3ccccc3Cl)[nH]c(=O)c2C1c1cc(OC)c(OC)c(OC)c1. The van der Waals surface area contributed by atoms with Crippen molar-refractivity contribution in [2.24, 2.45) is 0 Å². The third-order valence-electron chi connectivity index (χ3n) is 5.97. The quantitative estimate of drug-likeness (QED) is 0.236. The molecule has 4 rings (SSSR count). The number of thioether (sulfide) groups is 1. The number of ether oxygens (including phenoxy) is 4. The number of carbonyl (C=O) groups is 1. The maximum Gasteiger partial charge on any atom is 0.336 e. The van der Waals surface area contributed by atoms with Crippen LogP contribution in [0.1, 0.15) is 29.5 Å². The summed E-state index contributed by atoms with van der Waals surface area (Å²) in [6, 6.07) is 10.9. The van der Waals surface area contributed by atoms with Crippen LogP contribution in [0.2, 0.25) is 5.02 Å². The van der Waals surface area contributed by atoms with Crippen molar-refractivity contribution in [2.45, 2.75) is 23.8 Å². The Hall–Kier alpha value is -3.63. The Labute approximate surface area is 223 Å². The van der Waals surface area contributed by atoms with E-state index in [4.69, 9.17) is 30.5 Å². The van der Waals surface area contributed by atoms with Gasteiger partial charge in [-0.05, 0) is 36.2 Å². The Morgan fingerprint density at radius 2 is 1.76 bits per heavy atom. The molecule has 194 valence electrons. The van der Waals surface area contributed by atoms with E-state index in [0.717, 1.165) is 5.56 Å². The van der Waals surface area contributed by atoms with Crippen molar-refractivity contribution < 1.29 is 23.7 Å². The lowest BCUT2D eigenvalue weighted by atomic mass is 9.82. The van der Waals surface area contributed by atoms with Gasteiger partial charge in [-0.25, -0.2) is 9.78 Å². The van der Waals surface area contributed by atoms with Gasteiger partial charge in [-0.3, -0.25) is 4.79 Å². The van der Waals surface area contributed by atoms with E-state index >= 15 is 0 Å². The van der Waals surface area contributed by atoms with Crippen LogP contribution in [0.5, 0.6) is 17.2 Å². The number of aromatic nitrogens is 2. The summed E-state index contributed by atoms with van der Waals surface area (Å²) in [4.78, 5) is 33.9. The molecule has 1 aromatic heterocycles. The summed E-state index contributed by atoms with van der Waals surface area (Å²) >= 11 is 7.62. The second-order valence-corrected chi connectivity index (χ2v) is 9.43. The molecule has 0 radical (unpaired) electrons. The van der Waals surface area contributed by atoms with Crippen LogP contribution in [0.4, 0.5) is 5.82 Å². The summed E-state index contributed by atoms with van der Waals surface area (Å²) in [5.41, 5.74) is 2.14. The first-order valence-corrected chi connectivity index (χ1v) is 12.6. The van der Waals surface area contributed by atoms with E-state index in [1.165, 1.54) is 40.2 Å². The van der Waals surface area contributed by atoms with E-state index in [1.54, 1.807) is 19.1 Å². The molecule has 2 heterocycles. The van der Waals surface area contributed by atoms with Crippen LogP contribution in [0.3, 0.4) is 0 Å². The van der Waals surface area contributed by atoms with Gasteiger partial charge in [0, 0.05) is 16.5 Å². The second kappa shape index (κ2) is 11.2. The van der Waals surface area contributed by atoms with Gasteiger partial charge >= 0.3 is 5.97 Å². The summed E-state index contributed by atoms with van der Waals surface area (Å²) in [5.74, 6) is 0.628. The lowest BCUT2D eigenvalue weighted by Gasteiger charge is -2.29. The van der Waals surface area contributed by atoms with Gasteiger partial charge in [-0.2, -0.15) is 0 Å². The molecule has 1 atom stereocenters. The second-order valence-electron chi connectivity index (χ2n) is 8.06. The molecule has 2 aromatic carbocycles. The van der Waals surface area contributed by atoms with E-state index in [9.17, 15) is 9.59 Å². The minimum absolute atomic E-state index is 0.266. The number of aromatic amines is 1. The third-order valence-corrected chi connectivity index (χ3v) is 7.26.